The molecule has 0 aromatic rings. The second kappa shape index (κ2) is 24.0. The maximum absolute atomic E-state index is 10.4. The molecule has 27 heavy (non-hydrogen) atoms. The molecule has 0 saturated carbocycles. The normalized spacial score (nSPS) is 13.1. The molecule has 0 aromatic heterocycles. The van der Waals surface area contributed by atoms with Crippen LogP contribution in [0.3, 0.4) is 0 Å². The molecule has 0 aliphatic carbocycles. The van der Waals surface area contributed by atoms with Gasteiger partial charge in [-0.25, -0.2) is 0 Å². The SMILES string of the molecule is CCCCCCCCC(Br)C(Br)CCCCCCCCCCCC(=O)O.[Ca]. The molecular weight excluding hydrogens is 496 g/mol. The van der Waals surface area contributed by atoms with E-state index in [0.717, 1.165) is 12.8 Å². The molecule has 0 aromatic carbocycles. The number of hydrogen-bond donors (Lipinski definition) is 1. The Morgan fingerprint density at radius 2 is 1.00 bits per heavy atom. The Kier molecular flexibility index (Phi) is 27.4. The molecule has 2 unspecified atom stereocenters. The third-order valence-corrected chi connectivity index (χ3v) is 8.00. The number of aliphatic carboxylic acids is 1. The van der Waals surface area contributed by atoms with Gasteiger partial charge in [0.05, 0.1) is 0 Å². The van der Waals surface area contributed by atoms with Crippen molar-refractivity contribution in [1.82, 2.24) is 0 Å². The van der Waals surface area contributed by atoms with Crippen LogP contribution < -0.4 is 0 Å². The van der Waals surface area contributed by atoms with Crippen molar-refractivity contribution < 1.29 is 9.90 Å². The van der Waals surface area contributed by atoms with E-state index < -0.39 is 5.97 Å². The molecular formula is C22H42Br2CaO2. The van der Waals surface area contributed by atoms with Gasteiger partial charge in [-0.05, 0) is 19.3 Å². The van der Waals surface area contributed by atoms with Crippen LogP contribution in [0.25, 0.3) is 0 Å². The molecule has 0 heterocycles. The first-order valence-electron chi connectivity index (χ1n) is 11.1. The molecule has 0 bridgehead atoms. The average Bonchev–Trinajstić information content (AvgIpc) is 2.61. The number of rotatable bonds is 20. The summed E-state index contributed by atoms with van der Waals surface area (Å²) in [6, 6.07) is 0. The second-order valence-corrected chi connectivity index (χ2v) is 10.1. The van der Waals surface area contributed by atoms with Crippen molar-refractivity contribution in [3.8, 4) is 0 Å². The smallest absolute Gasteiger partial charge is 0.303 e. The quantitative estimate of drug-likeness (QED) is 0.0963. The van der Waals surface area contributed by atoms with E-state index in [1.165, 1.54) is 96.3 Å². The minimum absolute atomic E-state index is 0. The fourth-order valence-corrected chi connectivity index (χ4v) is 4.51. The summed E-state index contributed by atoms with van der Waals surface area (Å²) in [5.74, 6) is -0.659. The van der Waals surface area contributed by atoms with Crippen molar-refractivity contribution >= 4 is 75.6 Å². The summed E-state index contributed by atoms with van der Waals surface area (Å²) in [5.41, 5.74) is 0. The van der Waals surface area contributed by atoms with E-state index in [-0.39, 0.29) is 37.7 Å². The zero-order chi connectivity index (χ0) is 19.5. The fraction of sp³-hybridized carbons (Fsp3) is 0.955. The molecule has 1 N–H and O–H groups in total. The monoisotopic (exact) mass is 536 g/mol. The van der Waals surface area contributed by atoms with Gasteiger partial charge >= 0.3 is 5.97 Å². The Labute approximate surface area is 215 Å². The van der Waals surface area contributed by atoms with E-state index in [2.05, 4.69) is 38.8 Å². The Hall–Kier alpha value is 1.69. The summed E-state index contributed by atoms with van der Waals surface area (Å²) in [4.78, 5) is 11.7. The van der Waals surface area contributed by atoms with Gasteiger partial charge in [-0.2, -0.15) is 0 Å². The fourth-order valence-electron chi connectivity index (χ4n) is 3.33. The third kappa shape index (κ3) is 23.8. The molecule has 158 valence electrons. The van der Waals surface area contributed by atoms with Gasteiger partial charge in [0.2, 0.25) is 0 Å². The van der Waals surface area contributed by atoms with E-state index in [4.69, 9.17) is 5.11 Å². The van der Waals surface area contributed by atoms with Crippen LogP contribution in [0, 0.1) is 0 Å². The van der Waals surface area contributed by atoms with Crippen LogP contribution in [-0.4, -0.2) is 58.5 Å². The summed E-state index contributed by atoms with van der Waals surface area (Å²) < 4.78 is 0. The van der Waals surface area contributed by atoms with E-state index in [1.54, 1.807) is 0 Å². The molecule has 2 radical (unpaired) electrons. The zero-order valence-electron chi connectivity index (χ0n) is 17.7. The van der Waals surface area contributed by atoms with Gasteiger partial charge in [0.25, 0.3) is 0 Å². The van der Waals surface area contributed by atoms with Gasteiger partial charge in [-0.15, -0.1) is 0 Å². The summed E-state index contributed by atoms with van der Waals surface area (Å²) in [5, 5.41) is 8.59. The predicted molar refractivity (Wildman–Crippen MR) is 128 cm³/mol. The van der Waals surface area contributed by atoms with Crippen molar-refractivity contribution in [1.29, 1.82) is 0 Å². The van der Waals surface area contributed by atoms with E-state index in [1.807, 2.05) is 0 Å². The van der Waals surface area contributed by atoms with Crippen LogP contribution in [-0.2, 0) is 4.79 Å². The van der Waals surface area contributed by atoms with Gasteiger partial charge in [0.1, 0.15) is 0 Å². The Morgan fingerprint density at radius 1 is 0.667 bits per heavy atom. The molecule has 0 spiro atoms. The number of hydrogen-bond acceptors (Lipinski definition) is 1. The molecule has 5 heteroatoms. The first kappa shape index (κ1) is 30.9. The van der Waals surface area contributed by atoms with Gasteiger partial charge in [-0.3, -0.25) is 4.79 Å². The zero-order valence-corrected chi connectivity index (χ0v) is 23.1. The van der Waals surface area contributed by atoms with Crippen molar-refractivity contribution in [2.45, 2.75) is 132 Å². The number of unbranched alkanes of at least 4 members (excludes halogenated alkanes) is 13. The van der Waals surface area contributed by atoms with Crippen LogP contribution in [0.15, 0.2) is 0 Å². The van der Waals surface area contributed by atoms with E-state index in [9.17, 15) is 4.79 Å². The summed E-state index contributed by atoms with van der Waals surface area (Å²) in [6.45, 7) is 2.27. The van der Waals surface area contributed by atoms with Crippen LogP contribution in [0.4, 0.5) is 0 Å². The molecule has 2 atom stereocenters. The summed E-state index contributed by atoms with van der Waals surface area (Å²) >= 11 is 7.75. The minimum Gasteiger partial charge on any atom is -0.481 e. The molecule has 0 aliphatic rings. The van der Waals surface area contributed by atoms with E-state index in [0.29, 0.717) is 16.1 Å². The maximum Gasteiger partial charge on any atom is 0.303 e. The Morgan fingerprint density at radius 3 is 1.37 bits per heavy atom. The second-order valence-electron chi connectivity index (χ2n) is 7.70. The molecule has 0 saturated heterocycles. The van der Waals surface area contributed by atoms with Crippen molar-refractivity contribution in [3.05, 3.63) is 0 Å². The molecule has 0 rings (SSSR count). The number of carboxylic acids is 1. The summed E-state index contributed by atoms with van der Waals surface area (Å²) in [6.07, 6.45) is 22.2. The number of alkyl halides is 2. The van der Waals surface area contributed by atoms with Gasteiger partial charge in [0.15, 0.2) is 0 Å². The van der Waals surface area contributed by atoms with E-state index >= 15 is 0 Å². The Balaban J connectivity index is 0. The van der Waals surface area contributed by atoms with Crippen LogP contribution in [0.2, 0.25) is 0 Å². The minimum atomic E-state index is -0.659. The topological polar surface area (TPSA) is 37.3 Å². The predicted octanol–water partition coefficient (Wildman–Crippen LogP) is 8.26. The van der Waals surface area contributed by atoms with Crippen molar-refractivity contribution in [3.63, 3.8) is 0 Å². The van der Waals surface area contributed by atoms with Gasteiger partial charge in [0, 0.05) is 53.8 Å². The van der Waals surface area contributed by atoms with Crippen LogP contribution >= 0.6 is 31.9 Å². The van der Waals surface area contributed by atoms with Gasteiger partial charge in [-0.1, -0.05) is 129 Å². The molecule has 0 amide bonds. The number of carboxylic acid groups (broad SMARTS) is 1. The third-order valence-electron chi connectivity index (χ3n) is 5.10. The van der Waals surface area contributed by atoms with Crippen LogP contribution in [0.1, 0.15) is 122 Å². The van der Waals surface area contributed by atoms with Crippen molar-refractivity contribution in [2.75, 3.05) is 0 Å². The number of halogens is 2. The van der Waals surface area contributed by atoms with Crippen molar-refractivity contribution in [2.24, 2.45) is 0 Å². The Bertz CT molecular complexity index is 317. The average molecular weight is 538 g/mol. The molecule has 2 nitrogen and oxygen atoms in total. The van der Waals surface area contributed by atoms with Crippen LogP contribution in [0.5, 0.6) is 0 Å². The number of carbonyl (C=O) groups is 1. The largest absolute Gasteiger partial charge is 0.481 e. The van der Waals surface area contributed by atoms with Gasteiger partial charge < -0.3 is 5.11 Å². The molecule has 0 aliphatic heterocycles. The maximum atomic E-state index is 10.4. The summed E-state index contributed by atoms with van der Waals surface area (Å²) in [7, 11) is 0. The first-order valence-corrected chi connectivity index (χ1v) is 12.9. The first-order chi connectivity index (χ1) is 12.6. The molecule has 0 fully saturated rings. The standard InChI is InChI=1S/C22H42Br2O2.Ca/c1-2-3-4-5-11-14-17-20(23)21(24)18-15-12-9-7-6-8-10-13-16-19-22(25)26;/h20-21H,2-19H2,1H3,(H,25,26);.